The van der Waals surface area contributed by atoms with Gasteiger partial charge in [0.2, 0.25) is 11.8 Å². The molecule has 0 saturated heterocycles. The van der Waals surface area contributed by atoms with E-state index in [9.17, 15) is 32.3 Å². The fourth-order valence-corrected chi connectivity index (χ4v) is 4.65. The summed E-state index contributed by atoms with van der Waals surface area (Å²) in [7, 11) is 1.67. The molecule has 4 rings (SSSR count). The number of carbonyl (C=O) groups excluding carboxylic acids is 3. The Morgan fingerprint density at radius 3 is 2.37 bits per heavy atom. The van der Waals surface area contributed by atoms with Crippen LogP contribution in [-0.4, -0.2) is 58.3 Å². The molecule has 0 unspecified atom stereocenters. The number of rotatable bonds is 11. The standard InChI is InChI=1S/C32H33F3N6O5/c1-19-23(38-25(42)14-17-37-27(43)20-8-10-21(11-9-20)32(33,34)35)12-13-24-26(19)28(44)46-30(39-24)40-31(2,3)29(45)41(4)18-15-22-7-5-6-16-36-22/h5-13,16H,14-15,17-18H2,1-4H3,(H,37,43)(H,38,42)(H,39,40). The van der Waals surface area contributed by atoms with Crippen LogP contribution in [0, 0.1) is 6.92 Å². The van der Waals surface area contributed by atoms with Gasteiger partial charge in [-0.3, -0.25) is 19.4 Å². The van der Waals surface area contributed by atoms with E-state index in [1.807, 2.05) is 18.2 Å². The van der Waals surface area contributed by atoms with Crippen LogP contribution in [0.1, 0.15) is 47.4 Å². The molecule has 2 aromatic heterocycles. The summed E-state index contributed by atoms with van der Waals surface area (Å²) < 4.78 is 43.6. The van der Waals surface area contributed by atoms with Gasteiger partial charge in [0.15, 0.2) is 0 Å². The molecule has 46 heavy (non-hydrogen) atoms. The number of pyridine rings is 1. The van der Waals surface area contributed by atoms with Crippen LogP contribution in [0.5, 0.6) is 0 Å². The minimum absolute atomic E-state index is 0.0206. The van der Waals surface area contributed by atoms with Gasteiger partial charge in [-0.2, -0.15) is 18.2 Å². The molecule has 0 aliphatic rings. The molecule has 242 valence electrons. The van der Waals surface area contributed by atoms with Gasteiger partial charge >= 0.3 is 11.8 Å². The molecule has 4 aromatic rings. The molecule has 2 aromatic carbocycles. The van der Waals surface area contributed by atoms with Crippen molar-refractivity contribution in [2.24, 2.45) is 0 Å². The highest BCUT2D eigenvalue weighted by Gasteiger charge is 2.32. The molecule has 11 nitrogen and oxygen atoms in total. The van der Waals surface area contributed by atoms with Crippen molar-refractivity contribution in [1.29, 1.82) is 0 Å². The second kappa shape index (κ2) is 13.8. The van der Waals surface area contributed by atoms with Crippen molar-refractivity contribution < 1.29 is 32.0 Å². The van der Waals surface area contributed by atoms with E-state index < -0.39 is 34.7 Å². The highest BCUT2D eigenvalue weighted by molar-refractivity contribution is 5.97. The van der Waals surface area contributed by atoms with Crippen LogP contribution in [0.3, 0.4) is 0 Å². The van der Waals surface area contributed by atoms with E-state index in [-0.39, 0.29) is 41.4 Å². The lowest BCUT2D eigenvalue weighted by atomic mass is 10.0. The predicted octanol–water partition coefficient (Wildman–Crippen LogP) is 4.56. The molecule has 0 atom stereocenters. The first-order valence-corrected chi connectivity index (χ1v) is 14.3. The van der Waals surface area contributed by atoms with E-state index in [2.05, 4.69) is 25.9 Å². The number of anilines is 2. The molecule has 0 aliphatic carbocycles. The molecule has 0 fully saturated rings. The summed E-state index contributed by atoms with van der Waals surface area (Å²) in [4.78, 5) is 61.2. The van der Waals surface area contributed by atoms with E-state index in [1.165, 1.54) is 6.07 Å². The first-order valence-electron chi connectivity index (χ1n) is 14.3. The fraction of sp³-hybridized carbons (Fsp3) is 0.312. The van der Waals surface area contributed by atoms with Gasteiger partial charge in [0.05, 0.1) is 16.5 Å². The monoisotopic (exact) mass is 638 g/mol. The highest BCUT2D eigenvalue weighted by atomic mass is 19.4. The van der Waals surface area contributed by atoms with Crippen molar-refractivity contribution in [2.75, 3.05) is 30.8 Å². The average molecular weight is 639 g/mol. The number of amides is 3. The zero-order chi connectivity index (χ0) is 33.6. The Hall–Kier alpha value is -5.27. The summed E-state index contributed by atoms with van der Waals surface area (Å²) in [5.74, 6) is -1.35. The molecular formula is C32H33F3N6O5. The van der Waals surface area contributed by atoms with Gasteiger partial charge in [0, 0.05) is 56.1 Å². The SMILES string of the molecule is Cc1c(NC(=O)CCNC(=O)c2ccc(C(F)(F)F)cc2)ccc2nc(NC(C)(C)C(=O)N(C)CCc3ccccn3)oc(=O)c12. The molecule has 3 amide bonds. The Morgan fingerprint density at radius 1 is 1.00 bits per heavy atom. The third-order valence-corrected chi connectivity index (χ3v) is 7.17. The number of alkyl halides is 3. The van der Waals surface area contributed by atoms with E-state index in [0.29, 0.717) is 24.2 Å². The number of aryl methyl sites for hydroxylation is 1. The minimum atomic E-state index is -4.51. The summed E-state index contributed by atoms with van der Waals surface area (Å²) in [5, 5.41) is 8.21. The Balaban J connectivity index is 1.35. The lowest BCUT2D eigenvalue weighted by Gasteiger charge is -2.30. The number of nitrogens with zero attached hydrogens (tertiary/aromatic N) is 3. The maximum Gasteiger partial charge on any atom is 0.416 e. The van der Waals surface area contributed by atoms with Gasteiger partial charge in [-0.1, -0.05) is 6.07 Å². The molecule has 0 bridgehead atoms. The maximum absolute atomic E-state index is 13.2. The van der Waals surface area contributed by atoms with Crippen LogP contribution >= 0.6 is 0 Å². The fourth-order valence-electron chi connectivity index (χ4n) is 4.65. The van der Waals surface area contributed by atoms with Gasteiger partial charge in [-0.25, -0.2) is 4.79 Å². The number of likely N-dealkylation sites (N-methyl/N-ethyl adjacent to an activating group) is 1. The highest BCUT2D eigenvalue weighted by Crippen LogP contribution is 2.29. The lowest BCUT2D eigenvalue weighted by molar-refractivity contribution is -0.137. The third-order valence-electron chi connectivity index (χ3n) is 7.17. The van der Waals surface area contributed by atoms with Gasteiger partial charge in [-0.05, 0) is 74.9 Å². The van der Waals surface area contributed by atoms with Crippen molar-refractivity contribution in [2.45, 2.75) is 45.3 Å². The second-order valence-electron chi connectivity index (χ2n) is 11.1. The molecule has 0 spiro atoms. The number of hydrogen-bond donors (Lipinski definition) is 3. The van der Waals surface area contributed by atoms with Crippen LogP contribution in [0.2, 0.25) is 0 Å². The number of fused-ring (bicyclic) bond motifs is 1. The first-order chi connectivity index (χ1) is 21.7. The van der Waals surface area contributed by atoms with Crippen LogP contribution in [0.15, 0.2) is 70.0 Å². The third kappa shape index (κ3) is 8.25. The molecular weight excluding hydrogens is 605 g/mol. The Kier molecular flexibility index (Phi) is 10.1. The molecule has 0 aliphatic heterocycles. The van der Waals surface area contributed by atoms with Crippen LogP contribution in [0.4, 0.5) is 24.9 Å². The summed E-state index contributed by atoms with van der Waals surface area (Å²) >= 11 is 0. The van der Waals surface area contributed by atoms with E-state index in [0.717, 1.165) is 30.0 Å². The van der Waals surface area contributed by atoms with Crippen LogP contribution in [0.25, 0.3) is 10.9 Å². The molecule has 14 heteroatoms. The van der Waals surface area contributed by atoms with E-state index in [4.69, 9.17) is 4.42 Å². The van der Waals surface area contributed by atoms with Crippen molar-refractivity contribution in [3.8, 4) is 0 Å². The van der Waals surface area contributed by atoms with Crippen molar-refractivity contribution in [3.05, 3.63) is 93.6 Å². The Labute approximate surface area is 262 Å². The zero-order valence-corrected chi connectivity index (χ0v) is 25.6. The number of benzene rings is 2. The topological polar surface area (TPSA) is 147 Å². The van der Waals surface area contributed by atoms with Crippen LogP contribution < -0.4 is 21.6 Å². The predicted molar refractivity (Wildman–Crippen MR) is 165 cm³/mol. The zero-order valence-electron chi connectivity index (χ0n) is 25.6. The number of halogens is 3. The molecule has 0 saturated carbocycles. The molecule has 3 N–H and O–H groups in total. The average Bonchev–Trinajstić information content (AvgIpc) is 3.00. The minimum Gasteiger partial charge on any atom is -0.389 e. The van der Waals surface area contributed by atoms with E-state index in [1.54, 1.807) is 45.0 Å². The van der Waals surface area contributed by atoms with Gasteiger partial charge < -0.3 is 25.3 Å². The van der Waals surface area contributed by atoms with Crippen molar-refractivity contribution in [1.82, 2.24) is 20.2 Å². The number of hydrogen-bond acceptors (Lipinski definition) is 8. The smallest absolute Gasteiger partial charge is 0.389 e. The quantitative estimate of drug-likeness (QED) is 0.217. The molecule has 0 radical (unpaired) electrons. The lowest BCUT2D eigenvalue weighted by Crippen LogP contribution is -2.49. The van der Waals surface area contributed by atoms with Crippen molar-refractivity contribution >= 4 is 40.3 Å². The summed E-state index contributed by atoms with van der Waals surface area (Å²) in [6, 6.07) is 12.2. The summed E-state index contributed by atoms with van der Waals surface area (Å²) in [6.45, 7) is 5.25. The number of nitrogens with one attached hydrogen (secondary N) is 3. The first kappa shape index (κ1) is 33.6. The van der Waals surface area contributed by atoms with Gasteiger partial charge in [0.1, 0.15) is 5.54 Å². The van der Waals surface area contributed by atoms with Gasteiger partial charge in [0.25, 0.3) is 11.9 Å². The van der Waals surface area contributed by atoms with Crippen LogP contribution in [-0.2, 0) is 22.2 Å². The van der Waals surface area contributed by atoms with Crippen molar-refractivity contribution in [3.63, 3.8) is 0 Å². The maximum atomic E-state index is 13.2. The van der Waals surface area contributed by atoms with E-state index >= 15 is 0 Å². The number of carbonyl (C=O) groups is 3. The largest absolute Gasteiger partial charge is 0.416 e. The molecule has 2 heterocycles. The summed E-state index contributed by atoms with van der Waals surface area (Å²) in [6.07, 6.45) is -2.40. The van der Waals surface area contributed by atoms with Gasteiger partial charge in [-0.15, -0.1) is 0 Å². The number of aromatic nitrogens is 2. The normalized spacial score (nSPS) is 11.6. The summed E-state index contributed by atoms with van der Waals surface area (Å²) in [5.41, 5.74) is -0.886. The Morgan fingerprint density at radius 2 is 1.72 bits per heavy atom. The Bertz CT molecular complexity index is 1790. The second-order valence-corrected chi connectivity index (χ2v) is 11.1.